The van der Waals surface area contributed by atoms with E-state index < -0.39 is 66.3 Å². The zero-order chi connectivity index (χ0) is 29.1. The van der Waals surface area contributed by atoms with Crippen LogP contribution in [0.3, 0.4) is 0 Å². The van der Waals surface area contributed by atoms with Crippen molar-refractivity contribution in [2.45, 2.75) is 52.2 Å². The Kier molecular flexibility index (Phi) is 9.06. The van der Waals surface area contributed by atoms with Crippen molar-refractivity contribution in [3.63, 3.8) is 0 Å². The monoisotopic (exact) mass is 562 g/mol. The van der Waals surface area contributed by atoms with Crippen molar-refractivity contribution in [3.05, 3.63) is 33.9 Å². The van der Waals surface area contributed by atoms with Gasteiger partial charge in [-0.25, -0.2) is 0 Å². The maximum absolute atomic E-state index is 13.1. The van der Waals surface area contributed by atoms with Gasteiger partial charge in [-0.05, 0) is 56.4 Å². The summed E-state index contributed by atoms with van der Waals surface area (Å²) in [4.78, 5) is 71.5. The van der Waals surface area contributed by atoms with Crippen LogP contribution in [-0.4, -0.2) is 88.4 Å². The maximum Gasteiger partial charge on any atom is 0.322 e. The lowest BCUT2D eigenvalue weighted by molar-refractivity contribution is -0.138. The van der Waals surface area contributed by atoms with Gasteiger partial charge in [0.15, 0.2) is 5.78 Å². The number of aliphatic carboxylic acids is 1. The number of carbonyl (C=O) groups is 6. The number of aliphatic hydroxyl groups is 1. The lowest BCUT2D eigenvalue weighted by Crippen LogP contribution is -2.50. The second-order valence-corrected chi connectivity index (χ2v) is 11.2. The van der Waals surface area contributed by atoms with Crippen LogP contribution in [0, 0.1) is 5.41 Å². The number of carbonyl (C=O) groups excluding carboxylic acids is 5. The summed E-state index contributed by atoms with van der Waals surface area (Å²) in [5.41, 5.74) is 2.31. The molecule has 0 aromatic carbocycles. The third-order valence-corrected chi connectivity index (χ3v) is 8.46. The quantitative estimate of drug-likeness (QED) is 0.179. The van der Waals surface area contributed by atoms with Crippen LogP contribution in [0.1, 0.15) is 40.5 Å². The summed E-state index contributed by atoms with van der Waals surface area (Å²) in [7, 11) is 0. The summed E-state index contributed by atoms with van der Waals surface area (Å²) < 4.78 is 0. The molecule has 13 heteroatoms. The highest BCUT2D eigenvalue weighted by molar-refractivity contribution is 7.99. The number of hydrogen-bond acceptors (Lipinski definition) is 8. The smallest absolute Gasteiger partial charge is 0.322 e. The van der Waals surface area contributed by atoms with Crippen LogP contribution in [0.15, 0.2) is 33.9 Å². The van der Waals surface area contributed by atoms with Crippen LogP contribution in [0.2, 0.25) is 0 Å². The van der Waals surface area contributed by atoms with Gasteiger partial charge in [-0.15, -0.1) is 0 Å². The Labute approximate surface area is 230 Å². The topological polar surface area (TPSA) is 191 Å². The van der Waals surface area contributed by atoms with Crippen molar-refractivity contribution in [2.24, 2.45) is 5.41 Å². The number of carboxylic acid groups (broad SMARTS) is 1. The van der Waals surface area contributed by atoms with E-state index in [1.165, 1.54) is 18.7 Å². The first kappa shape index (κ1) is 30.1. The first-order valence-corrected chi connectivity index (χ1v) is 13.6. The molecule has 39 heavy (non-hydrogen) atoms. The zero-order valence-corrected chi connectivity index (χ0v) is 23.2. The fraction of sp³-hybridized carbons (Fsp3) is 0.538. The third-order valence-electron chi connectivity index (χ3n) is 7.40. The molecule has 0 bridgehead atoms. The minimum atomic E-state index is -1.43. The predicted octanol–water partition coefficient (Wildman–Crippen LogP) is -0.656. The highest BCUT2D eigenvalue weighted by Crippen LogP contribution is 2.65. The molecule has 0 heterocycles. The number of hydrogen-bond donors (Lipinski definition) is 6. The van der Waals surface area contributed by atoms with Crippen molar-refractivity contribution in [3.8, 4) is 0 Å². The van der Waals surface area contributed by atoms with Crippen molar-refractivity contribution >= 4 is 47.1 Å². The summed E-state index contributed by atoms with van der Waals surface area (Å²) >= 11 is 1.39. The number of fused-ring (bicyclic) bond motifs is 1. The second kappa shape index (κ2) is 11.7. The molecular weight excluding hydrogens is 528 g/mol. The highest BCUT2D eigenvalue weighted by Gasteiger charge is 2.65. The lowest BCUT2D eigenvalue weighted by atomic mass is 9.67. The zero-order valence-electron chi connectivity index (χ0n) is 22.4. The molecule has 0 aromatic heterocycles. The summed E-state index contributed by atoms with van der Waals surface area (Å²) in [5, 5.41) is 28.9. The molecule has 6 N–H and O–H groups in total. The average molecular weight is 563 g/mol. The normalized spacial score (nSPS) is 21.7. The molecule has 1 spiro atoms. The summed E-state index contributed by atoms with van der Waals surface area (Å²) in [5.74, 6) is -3.20. The molecule has 0 aromatic rings. The van der Waals surface area contributed by atoms with Gasteiger partial charge in [0.2, 0.25) is 23.6 Å². The lowest BCUT2D eigenvalue weighted by Gasteiger charge is -2.39. The Morgan fingerprint density at radius 2 is 1.62 bits per heavy atom. The molecule has 1 saturated carbocycles. The summed E-state index contributed by atoms with van der Waals surface area (Å²) in [6.07, 6.45) is 3.30. The van der Waals surface area contributed by atoms with Crippen LogP contribution in [0.5, 0.6) is 0 Å². The Morgan fingerprint density at radius 1 is 1.03 bits per heavy atom. The Bertz CT molecular complexity index is 1210. The number of nitrogens with one attached hydrogen (secondary N) is 4. The van der Waals surface area contributed by atoms with Crippen LogP contribution in [-0.2, 0) is 28.8 Å². The van der Waals surface area contributed by atoms with Gasteiger partial charge in [0.05, 0.1) is 13.1 Å². The number of ketones is 1. The largest absolute Gasteiger partial charge is 0.480 e. The number of carboxylic acids is 1. The van der Waals surface area contributed by atoms with Crippen molar-refractivity contribution in [1.82, 2.24) is 21.3 Å². The molecule has 3 rings (SSSR count). The van der Waals surface area contributed by atoms with E-state index in [0.717, 1.165) is 35.1 Å². The van der Waals surface area contributed by atoms with Crippen LogP contribution in [0.4, 0.5) is 0 Å². The minimum absolute atomic E-state index is 0.194. The summed E-state index contributed by atoms with van der Waals surface area (Å²) in [6, 6.07) is -0.938. The summed E-state index contributed by atoms with van der Waals surface area (Å²) in [6.45, 7) is 5.26. The molecule has 12 nitrogen and oxygen atoms in total. The molecule has 0 aliphatic heterocycles. The van der Waals surface area contributed by atoms with Gasteiger partial charge in [-0.1, -0.05) is 5.57 Å². The molecule has 3 aliphatic carbocycles. The van der Waals surface area contributed by atoms with Crippen LogP contribution in [0.25, 0.3) is 0 Å². The Hall–Kier alpha value is -3.45. The van der Waals surface area contributed by atoms with Gasteiger partial charge in [0.1, 0.15) is 18.2 Å². The van der Waals surface area contributed by atoms with Gasteiger partial charge in [-0.3, -0.25) is 28.8 Å². The molecule has 0 unspecified atom stereocenters. The van der Waals surface area contributed by atoms with Crippen LogP contribution < -0.4 is 21.3 Å². The molecular formula is C26H34N4O8S. The van der Waals surface area contributed by atoms with Crippen molar-refractivity contribution in [1.29, 1.82) is 0 Å². The van der Waals surface area contributed by atoms with E-state index in [4.69, 9.17) is 5.11 Å². The van der Waals surface area contributed by atoms with Gasteiger partial charge >= 0.3 is 5.97 Å². The van der Waals surface area contributed by atoms with Gasteiger partial charge in [0.25, 0.3) is 0 Å². The van der Waals surface area contributed by atoms with E-state index in [0.29, 0.717) is 11.3 Å². The maximum atomic E-state index is 13.1. The molecule has 3 aliphatic rings. The van der Waals surface area contributed by atoms with E-state index in [2.05, 4.69) is 21.3 Å². The molecule has 4 amide bonds. The molecule has 0 saturated heterocycles. The van der Waals surface area contributed by atoms with Gasteiger partial charge < -0.3 is 31.5 Å². The van der Waals surface area contributed by atoms with E-state index in [1.54, 1.807) is 13.0 Å². The van der Waals surface area contributed by atoms with Crippen LogP contribution >= 0.6 is 11.8 Å². The Morgan fingerprint density at radius 3 is 2.18 bits per heavy atom. The van der Waals surface area contributed by atoms with Crippen molar-refractivity contribution in [2.75, 3.05) is 31.1 Å². The number of Topliss-reactive ketones (excluding diaryl/α,β-unsaturated/α-hetero) is 1. The van der Waals surface area contributed by atoms with E-state index >= 15 is 0 Å². The third kappa shape index (κ3) is 6.41. The molecule has 1 fully saturated rings. The van der Waals surface area contributed by atoms with Gasteiger partial charge in [0, 0.05) is 29.4 Å². The average Bonchev–Trinajstić information content (AvgIpc) is 3.62. The molecule has 0 radical (unpaired) electrons. The first-order chi connectivity index (χ1) is 18.2. The van der Waals surface area contributed by atoms with E-state index in [9.17, 15) is 33.9 Å². The predicted molar refractivity (Wildman–Crippen MR) is 142 cm³/mol. The fourth-order valence-corrected chi connectivity index (χ4v) is 6.24. The second-order valence-electron chi connectivity index (χ2n) is 10.1. The molecule has 212 valence electrons. The number of allylic oxidation sites excluding steroid dienone is 3. The number of thioether (sulfide) groups is 1. The number of rotatable bonds is 12. The standard InChI is InChI=1S/C26H34N4O8S/c1-13-7-16-22(14(2)26(5-6-26)25(4,38)23(16)36)17(13)11-39-12-18(30-15(3)31)24(37)29-9-20(33)27-8-19(32)28-10-21(34)35/h7,18,38H,5-6,8-12H2,1-4H3,(H,27,33)(H,28,32)(H,29,37)(H,30,31)(H,34,35)/t18-,25+/m1/s1. The first-order valence-electron chi connectivity index (χ1n) is 12.5. The SMILES string of the molecule is CC(=O)N[C@H](CSCC1=C(C)C=C2C(=O)[C@](C)(O)C3(CC3)C(C)=C21)C(=O)NCC(=O)NCC(=O)NCC(=O)O. The molecule has 2 atom stereocenters. The van der Waals surface area contributed by atoms with E-state index in [1.807, 2.05) is 13.8 Å². The van der Waals surface area contributed by atoms with Gasteiger partial charge in [-0.2, -0.15) is 11.8 Å². The van der Waals surface area contributed by atoms with Crippen molar-refractivity contribution < 1.29 is 39.0 Å². The number of amides is 4. The van der Waals surface area contributed by atoms with E-state index in [-0.39, 0.29) is 11.5 Å². The minimum Gasteiger partial charge on any atom is -0.480 e. The highest BCUT2D eigenvalue weighted by atomic mass is 32.2. The fourth-order valence-electron chi connectivity index (χ4n) is 5.08. The Balaban J connectivity index is 1.56.